The number of nitrogens with zero attached hydrogens (tertiary/aromatic N) is 1. The minimum absolute atomic E-state index is 0.395. The maximum atomic E-state index is 10.8. The van der Waals surface area contributed by atoms with E-state index in [9.17, 15) is 4.79 Å². The molecule has 0 atom stereocenters. The van der Waals surface area contributed by atoms with Crippen molar-refractivity contribution in [1.29, 1.82) is 0 Å². The molecule has 0 unspecified atom stereocenters. The van der Waals surface area contributed by atoms with Gasteiger partial charge >= 0.3 is 6.03 Å². The van der Waals surface area contributed by atoms with E-state index in [2.05, 4.69) is 49.5 Å². The summed E-state index contributed by atoms with van der Waals surface area (Å²) >= 11 is 0. The van der Waals surface area contributed by atoms with Crippen LogP contribution in [0.1, 0.15) is 42.9 Å². The minimum atomic E-state index is -0.735. The van der Waals surface area contributed by atoms with Gasteiger partial charge in [0.15, 0.2) is 11.5 Å². The Morgan fingerprint density at radius 2 is 1.93 bits per heavy atom. The summed E-state index contributed by atoms with van der Waals surface area (Å²) < 4.78 is 17.3. The number of para-hydroxylation sites is 1. The zero-order valence-corrected chi connectivity index (χ0v) is 17.4. The van der Waals surface area contributed by atoms with Gasteiger partial charge in [-0.1, -0.05) is 32.0 Å². The van der Waals surface area contributed by atoms with Gasteiger partial charge in [0.2, 0.25) is 0 Å². The number of primary amides is 1. The maximum Gasteiger partial charge on any atom is 0.332 e. The number of benzene rings is 2. The van der Waals surface area contributed by atoms with Gasteiger partial charge in [0.25, 0.3) is 0 Å². The Morgan fingerprint density at radius 1 is 1.17 bits per heavy atom. The number of hydrazone groups is 1. The number of carbonyl (C=O) groups excluding carboxylic acids is 1. The van der Waals surface area contributed by atoms with E-state index >= 15 is 0 Å². The first-order valence-electron chi connectivity index (χ1n) is 9.54. The highest BCUT2D eigenvalue weighted by molar-refractivity contribution is 5.86. The summed E-state index contributed by atoms with van der Waals surface area (Å²) in [6, 6.07) is 11.0. The number of rotatable bonds is 10. The molecule has 2 aromatic carbocycles. The van der Waals surface area contributed by atoms with Gasteiger partial charge in [-0.25, -0.2) is 10.2 Å². The number of methoxy groups -OCH3 is 1. The number of hydrogen-bond donors (Lipinski definition) is 2. The van der Waals surface area contributed by atoms with Crippen molar-refractivity contribution in [1.82, 2.24) is 5.43 Å². The van der Waals surface area contributed by atoms with E-state index in [0.717, 1.165) is 5.75 Å². The van der Waals surface area contributed by atoms with Crippen LogP contribution in [0.25, 0.3) is 0 Å². The summed E-state index contributed by atoms with van der Waals surface area (Å²) in [5.41, 5.74) is 10.2. The first-order valence-corrected chi connectivity index (χ1v) is 9.54. The molecule has 0 aromatic heterocycles. The molecule has 0 aliphatic heterocycles. The van der Waals surface area contributed by atoms with E-state index in [1.807, 2.05) is 12.1 Å². The predicted octanol–water partition coefficient (Wildman–Crippen LogP) is 3.98. The van der Waals surface area contributed by atoms with Crippen molar-refractivity contribution in [3.8, 4) is 17.2 Å². The molecule has 156 valence electrons. The lowest BCUT2D eigenvalue weighted by Gasteiger charge is -2.16. The number of hydrogen-bond acceptors (Lipinski definition) is 5. The second-order valence-electron chi connectivity index (χ2n) is 6.86. The quantitative estimate of drug-likeness (QED) is 0.359. The Morgan fingerprint density at radius 3 is 2.62 bits per heavy atom. The summed E-state index contributed by atoms with van der Waals surface area (Å²) in [7, 11) is 1.57. The second-order valence-corrected chi connectivity index (χ2v) is 6.86. The van der Waals surface area contributed by atoms with E-state index in [-0.39, 0.29) is 0 Å². The largest absolute Gasteiger partial charge is 0.493 e. The highest BCUT2D eigenvalue weighted by Gasteiger charge is 2.11. The molecule has 0 saturated heterocycles. The average Bonchev–Trinajstić information content (AvgIpc) is 2.68. The molecule has 0 bridgehead atoms. The molecular weight excluding hydrogens is 370 g/mol. The van der Waals surface area contributed by atoms with E-state index < -0.39 is 6.03 Å². The standard InChI is InChI=1S/C22H29N3O4/c1-15(2)18-10-9-16(3)13-20(18)28-11-6-12-29-21-17(14-24-25-22(23)26)7-5-8-19(21)27-4/h5,7-10,13-15H,6,11-12H2,1-4H3,(H3,23,25,26)/b24-14-. The summed E-state index contributed by atoms with van der Waals surface area (Å²) in [5.74, 6) is 2.44. The van der Waals surface area contributed by atoms with E-state index in [0.29, 0.717) is 42.6 Å². The molecule has 7 heteroatoms. The normalized spacial score (nSPS) is 10.9. The molecule has 2 aromatic rings. The molecule has 0 radical (unpaired) electrons. The molecule has 3 N–H and O–H groups in total. The lowest BCUT2D eigenvalue weighted by atomic mass is 10.0. The first-order chi connectivity index (χ1) is 13.9. The van der Waals surface area contributed by atoms with Gasteiger partial charge in [0, 0.05) is 12.0 Å². The fourth-order valence-electron chi connectivity index (χ4n) is 2.77. The molecule has 7 nitrogen and oxygen atoms in total. The molecule has 0 aliphatic carbocycles. The highest BCUT2D eigenvalue weighted by Crippen LogP contribution is 2.30. The number of urea groups is 1. The van der Waals surface area contributed by atoms with Crippen LogP contribution in [-0.2, 0) is 0 Å². The number of ether oxygens (including phenoxy) is 3. The van der Waals surface area contributed by atoms with Crippen molar-refractivity contribution in [2.75, 3.05) is 20.3 Å². The number of nitrogens with one attached hydrogen (secondary N) is 1. The van der Waals surface area contributed by atoms with Gasteiger partial charge in [0.05, 0.1) is 26.5 Å². The fraction of sp³-hybridized carbons (Fsp3) is 0.364. The highest BCUT2D eigenvalue weighted by atomic mass is 16.5. The Hall–Kier alpha value is -3.22. The summed E-state index contributed by atoms with van der Waals surface area (Å²) in [6.45, 7) is 7.33. The third-order valence-corrected chi connectivity index (χ3v) is 4.19. The van der Waals surface area contributed by atoms with Crippen molar-refractivity contribution in [2.45, 2.75) is 33.1 Å². The zero-order valence-electron chi connectivity index (χ0n) is 17.4. The summed E-state index contributed by atoms with van der Waals surface area (Å²) in [6.07, 6.45) is 2.15. The van der Waals surface area contributed by atoms with Gasteiger partial charge in [-0.05, 0) is 42.2 Å². The number of carbonyl (C=O) groups is 1. The Kier molecular flexibility index (Phi) is 8.33. The van der Waals surface area contributed by atoms with E-state index in [1.54, 1.807) is 13.2 Å². The van der Waals surface area contributed by atoms with Crippen molar-refractivity contribution < 1.29 is 19.0 Å². The number of aryl methyl sites for hydroxylation is 1. The van der Waals surface area contributed by atoms with Crippen LogP contribution in [0.4, 0.5) is 4.79 Å². The van der Waals surface area contributed by atoms with Gasteiger partial charge in [0.1, 0.15) is 5.75 Å². The zero-order chi connectivity index (χ0) is 21.2. The van der Waals surface area contributed by atoms with Crippen LogP contribution in [-0.4, -0.2) is 32.6 Å². The maximum absolute atomic E-state index is 10.8. The van der Waals surface area contributed by atoms with Gasteiger partial charge in [-0.15, -0.1) is 0 Å². The van der Waals surface area contributed by atoms with Crippen molar-refractivity contribution in [3.63, 3.8) is 0 Å². The van der Waals surface area contributed by atoms with Crippen molar-refractivity contribution >= 4 is 12.2 Å². The van der Waals surface area contributed by atoms with Gasteiger partial charge in [-0.2, -0.15) is 5.10 Å². The lowest BCUT2D eigenvalue weighted by molar-refractivity contribution is 0.238. The Balaban J connectivity index is 1.96. The average molecular weight is 399 g/mol. The SMILES string of the molecule is COc1cccc(/C=N\NC(N)=O)c1OCCCOc1cc(C)ccc1C(C)C. The van der Waals surface area contributed by atoms with Crippen LogP contribution in [0, 0.1) is 6.92 Å². The smallest absolute Gasteiger partial charge is 0.332 e. The topological polar surface area (TPSA) is 95.2 Å². The van der Waals surface area contributed by atoms with Crippen LogP contribution in [0.3, 0.4) is 0 Å². The Bertz CT molecular complexity index is 850. The van der Waals surface area contributed by atoms with E-state index in [4.69, 9.17) is 19.9 Å². The summed E-state index contributed by atoms with van der Waals surface area (Å²) in [5, 5.41) is 3.79. The van der Waals surface area contributed by atoms with Crippen LogP contribution < -0.4 is 25.4 Å². The molecule has 0 heterocycles. The van der Waals surface area contributed by atoms with Crippen molar-refractivity contribution in [3.05, 3.63) is 53.1 Å². The lowest BCUT2D eigenvalue weighted by Crippen LogP contribution is -2.24. The molecule has 2 rings (SSSR count). The third-order valence-electron chi connectivity index (χ3n) is 4.19. The molecule has 0 fully saturated rings. The van der Waals surface area contributed by atoms with Crippen LogP contribution >= 0.6 is 0 Å². The van der Waals surface area contributed by atoms with Gasteiger partial charge in [-0.3, -0.25) is 0 Å². The molecule has 0 saturated carbocycles. The molecule has 29 heavy (non-hydrogen) atoms. The number of amides is 2. The Labute approximate surface area is 171 Å². The van der Waals surface area contributed by atoms with Crippen LogP contribution in [0.2, 0.25) is 0 Å². The molecule has 0 aliphatic rings. The summed E-state index contributed by atoms with van der Waals surface area (Å²) in [4.78, 5) is 10.8. The predicted molar refractivity (Wildman–Crippen MR) is 114 cm³/mol. The minimum Gasteiger partial charge on any atom is -0.493 e. The number of nitrogens with two attached hydrogens (primary N) is 1. The molecular formula is C22H29N3O4. The monoisotopic (exact) mass is 399 g/mol. The van der Waals surface area contributed by atoms with Crippen LogP contribution in [0.5, 0.6) is 17.2 Å². The molecule has 0 spiro atoms. The first kappa shape index (κ1) is 22.1. The fourth-order valence-corrected chi connectivity index (χ4v) is 2.77. The van der Waals surface area contributed by atoms with E-state index in [1.165, 1.54) is 17.3 Å². The van der Waals surface area contributed by atoms with Crippen molar-refractivity contribution in [2.24, 2.45) is 10.8 Å². The molecule has 2 amide bonds. The second kappa shape index (κ2) is 10.9. The third kappa shape index (κ3) is 6.71. The van der Waals surface area contributed by atoms with Gasteiger partial charge < -0.3 is 19.9 Å². The van der Waals surface area contributed by atoms with Crippen LogP contribution in [0.15, 0.2) is 41.5 Å².